The second-order valence-corrected chi connectivity index (χ2v) is 3.67. The lowest BCUT2D eigenvalue weighted by Gasteiger charge is -2.14. The van der Waals surface area contributed by atoms with Gasteiger partial charge in [-0.15, -0.1) is 0 Å². The molecule has 0 radical (unpaired) electrons. The molecule has 1 aromatic rings. The van der Waals surface area contributed by atoms with Crippen LogP contribution in [0.5, 0.6) is 0 Å². The van der Waals surface area contributed by atoms with Gasteiger partial charge in [-0.3, -0.25) is 15.2 Å². The summed E-state index contributed by atoms with van der Waals surface area (Å²) in [4.78, 5) is 15.3. The quantitative estimate of drug-likeness (QED) is 0.663. The molecule has 16 heavy (non-hydrogen) atoms. The van der Waals surface area contributed by atoms with Gasteiger partial charge in [-0.05, 0) is 19.9 Å². The van der Waals surface area contributed by atoms with Gasteiger partial charge in [0, 0.05) is 36.7 Å². The minimum absolute atomic E-state index is 0.0845. The number of rotatable bonds is 4. The Balaban J connectivity index is 3.03. The maximum atomic E-state index is 11.4. The summed E-state index contributed by atoms with van der Waals surface area (Å²) in [5, 5.41) is 13.3. The maximum Gasteiger partial charge on any atom is 0.269 e. The fourth-order valence-corrected chi connectivity index (χ4v) is 1.28. The number of carbonyl (C=O) groups excluding carboxylic acids is 1. The second kappa shape index (κ2) is 5.25. The molecule has 86 valence electrons. The van der Waals surface area contributed by atoms with Crippen molar-refractivity contribution in [3.05, 3.63) is 24.0 Å². The summed E-state index contributed by atoms with van der Waals surface area (Å²) in [6.45, 7) is 3.99. The molecule has 0 aromatic carbocycles. The predicted octanol–water partition coefficient (Wildman–Crippen LogP) is 1.02. The molecular formula is C11H16N4O. The zero-order valence-corrected chi connectivity index (χ0v) is 9.66. The first-order valence-electron chi connectivity index (χ1n) is 5.07. The van der Waals surface area contributed by atoms with Crippen LogP contribution in [0.1, 0.15) is 19.4 Å². The van der Waals surface area contributed by atoms with E-state index in [1.54, 1.807) is 12.3 Å². The first kappa shape index (κ1) is 12.2. The first-order valence-corrected chi connectivity index (χ1v) is 5.07. The first-order chi connectivity index (χ1) is 7.56. The van der Waals surface area contributed by atoms with Gasteiger partial charge in [0.05, 0.1) is 0 Å². The van der Waals surface area contributed by atoms with Crippen LogP contribution >= 0.6 is 0 Å². The van der Waals surface area contributed by atoms with Crippen LogP contribution in [0.2, 0.25) is 0 Å². The Morgan fingerprint density at radius 2 is 2.19 bits per heavy atom. The third-order valence-electron chi connectivity index (χ3n) is 1.99. The van der Waals surface area contributed by atoms with Crippen molar-refractivity contribution in [1.29, 1.82) is 5.41 Å². The molecule has 0 saturated heterocycles. The number of nitrogens with zero attached hydrogens (tertiary/aromatic N) is 1. The lowest BCUT2D eigenvalue weighted by molar-refractivity contribution is -0.114. The second-order valence-electron chi connectivity index (χ2n) is 3.67. The molecule has 0 atom stereocenters. The molecule has 1 heterocycles. The van der Waals surface area contributed by atoms with Gasteiger partial charge in [0.25, 0.3) is 5.91 Å². The Hall–Kier alpha value is -1.91. The van der Waals surface area contributed by atoms with Crippen LogP contribution < -0.4 is 10.6 Å². The lowest BCUT2D eigenvalue weighted by Crippen LogP contribution is -2.28. The van der Waals surface area contributed by atoms with E-state index in [4.69, 9.17) is 5.41 Å². The topological polar surface area (TPSA) is 77.9 Å². The Morgan fingerprint density at radius 3 is 2.75 bits per heavy atom. The largest absolute Gasteiger partial charge is 0.382 e. The van der Waals surface area contributed by atoms with Crippen LogP contribution in [0.3, 0.4) is 0 Å². The van der Waals surface area contributed by atoms with E-state index in [1.165, 1.54) is 13.2 Å². The SMILES string of the molecule is CNC(=O)C(=N)c1cnccc1NC(C)C. The number of aromatic nitrogens is 1. The number of pyridine rings is 1. The molecule has 0 aliphatic rings. The molecule has 5 heteroatoms. The van der Waals surface area contributed by atoms with Crippen LogP contribution in [-0.4, -0.2) is 29.7 Å². The molecule has 0 aliphatic heterocycles. The number of carbonyl (C=O) groups is 1. The summed E-state index contributed by atoms with van der Waals surface area (Å²) in [5.41, 5.74) is 1.17. The van der Waals surface area contributed by atoms with Crippen molar-refractivity contribution >= 4 is 17.3 Å². The molecule has 0 fully saturated rings. The van der Waals surface area contributed by atoms with E-state index in [0.717, 1.165) is 5.69 Å². The number of likely N-dealkylation sites (N-methyl/N-ethyl adjacent to an activating group) is 1. The van der Waals surface area contributed by atoms with Gasteiger partial charge in [-0.1, -0.05) is 0 Å². The minimum atomic E-state index is -0.417. The number of nitrogens with one attached hydrogen (secondary N) is 3. The fraction of sp³-hybridized carbons (Fsp3) is 0.364. The van der Waals surface area contributed by atoms with Crippen molar-refractivity contribution < 1.29 is 4.79 Å². The van der Waals surface area contributed by atoms with Gasteiger partial charge in [0.1, 0.15) is 5.71 Å². The molecule has 0 unspecified atom stereocenters. The Morgan fingerprint density at radius 1 is 1.50 bits per heavy atom. The summed E-state index contributed by atoms with van der Waals surface area (Å²) in [6, 6.07) is 1.99. The minimum Gasteiger partial charge on any atom is -0.382 e. The van der Waals surface area contributed by atoms with Crippen molar-refractivity contribution in [1.82, 2.24) is 10.3 Å². The molecule has 0 saturated carbocycles. The Kier molecular flexibility index (Phi) is 3.99. The van der Waals surface area contributed by atoms with Gasteiger partial charge in [0.15, 0.2) is 0 Å². The zero-order valence-electron chi connectivity index (χ0n) is 9.66. The third kappa shape index (κ3) is 2.79. The average molecular weight is 220 g/mol. The van der Waals surface area contributed by atoms with Crippen molar-refractivity contribution in [2.45, 2.75) is 19.9 Å². The highest BCUT2D eigenvalue weighted by Crippen LogP contribution is 2.15. The molecule has 3 N–H and O–H groups in total. The molecule has 0 bridgehead atoms. The Labute approximate surface area is 94.8 Å². The zero-order chi connectivity index (χ0) is 12.1. The predicted molar refractivity (Wildman–Crippen MR) is 63.9 cm³/mol. The number of hydrogen-bond donors (Lipinski definition) is 3. The summed E-state index contributed by atoms with van der Waals surface area (Å²) in [7, 11) is 1.50. The molecule has 5 nitrogen and oxygen atoms in total. The summed E-state index contributed by atoms with van der Waals surface area (Å²) in [6.07, 6.45) is 3.15. The molecule has 1 aromatic heterocycles. The van der Waals surface area contributed by atoms with E-state index >= 15 is 0 Å². The highest BCUT2D eigenvalue weighted by molar-refractivity contribution is 6.45. The van der Waals surface area contributed by atoms with E-state index < -0.39 is 5.91 Å². The van der Waals surface area contributed by atoms with Crippen molar-refractivity contribution in [3.8, 4) is 0 Å². The van der Waals surface area contributed by atoms with E-state index in [9.17, 15) is 4.79 Å². The highest BCUT2D eigenvalue weighted by Gasteiger charge is 2.14. The van der Waals surface area contributed by atoms with Gasteiger partial charge < -0.3 is 10.6 Å². The maximum absolute atomic E-state index is 11.4. The van der Waals surface area contributed by atoms with Crippen LogP contribution in [0.15, 0.2) is 18.5 Å². The molecule has 0 aliphatic carbocycles. The lowest BCUT2D eigenvalue weighted by atomic mass is 10.1. The summed E-state index contributed by atoms with van der Waals surface area (Å²) < 4.78 is 0. The average Bonchev–Trinajstić information content (AvgIpc) is 2.27. The smallest absolute Gasteiger partial charge is 0.269 e. The number of anilines is 1. The molecule has 1 rings (SSSR count). The summed E-state index contributed by atoms with van der Waals surface area (Å²) in [5.74, 6) is -0.417. The monoisotopic (exact) mass is 220 g/mol. The highest BCUT2D eigenvalue weighted by atomic mass is 16.1. The van der Waals surface area contributed by atoms with E-state index in [2.05, 4.69) is 15.6 Å². The fourth-order valence-electron chi connectivity index (χ4n) is 1.28. The van der Waals surface area contributed by atoms with Crippen LogP contribution in [0.25, 0.3) is 0 Å². The number of hydrogen-bond acceptors (Lipinski definition) is 4. The summed E-state index contributed by atoms with van der Waals surface area (Å²) >= 11 is 0. The van der Waals surface area contributed by atoms with Crippen molar-refractivity contribution in [3.63, 3.8) is 0 Å². The molecular weight excluding hydrogens is 204 g/mol. The van der Waals surface area contributed by atoms with Gasteiger partial charge in [-0.25, -0.2) is 0 Å². The number of amides is 1. The standard InChI is InChI=1S/C11H16N4O/c1-7(2)15-9-4-5-14-6-8(9)10(12)11(16)13-3/h4-7,12H,1-3H3,(H,13,16)(H,14,15). The third-order valence-corrected chi connectivity index (χ3v) is 1.99. The normalized spacial score (nSPS) is 10.0. The van der Waals surface area contributed by atoms with Crippen LogP contribution in [0.4, 0.5) is 5.69 Å². The van der Waals surface area contributed by atoms with Crippen LogP contribution in [-0.2, 0) is 4.79 Å². The molecule has 0 spiro atoms. The van der Waals surface area contributed by atoms with Gasteiger partial charge >= 0.3 is 0 Å². The van der Waals surface area contributed by atoms with Gasteiger partial charge in [-0.2, -0.15) is 0 Å². The van der Waals surface area contributed by atoms with E-state index in [1.807, 2.05) is 13.8 Å². The van der Waals surface area contributed by atoms with E-state index in [-0.39, 0.29) is 11.8 Å². The van der Waals surface area contributed by atoms with Gasteiger partial charge in [0.2, 0.25) is 0 Å². The van der Waals surface area contributed by atoms with Crippen molar-refractivity contribution in [2.75, 3.05) is 12.4 Å². The Bertz CT molecular complexity index is 401. The van der Waals surface area contributed by atoms with Crippen molar-refractivity contribution in [2.24, 2.45) is 0 Å². The van der Waals surface area contributed by atoms with Crippen LogP contribution in [0, 0.1) is 5.41 Å². The molecule has 1 amide bonds. The van der Waals surface area contributed by atoms with E-state index in [0.29, 0.717) is 5.56 Å².